The molecule has 0 bridgehead atoms. The fourth-order valence-corrected chi connectivity index (χ4v) is 4.23. The number of hydrogen-bond acceptors (Lipinski definition) is 2. The van der Waals surface area contributed by atoms with Crippen molar-refractivity contribution in [3.63, 3.8) is 0 Å². The number of likely N-dealkylation sites (tertiary alicyclic amines) is 1. The minimum absolute atomic E-state index is 0.0172. The first kappa shape index (κ1) is 18.7. The Morgan fingerprint density at radius 3 is 2.37 bits per heavy atom. The minimum Gasteiger partial charge on any atom is -0.371 e. The SMILES string of the molecule is FC1=C(N2CCC(c3ccc(Cl)cc3)CC2)C=CN(CCC2CC2(F)F)C1. The molecule has 1 aromatic rings. The lowest BCUT2D eigenvalue weighted by atomic mass is 9.89. The molecule has 146 valence electrons. The quantitative estimate of drug-likeness (QED) is 0.641. The molecule has 0 spiro atoms. The van der Waals surface area contributed by atoms with Gasteiger partial charge in [0.15, 0.2) is 0 Å². The van der Waals surface area contributed by atoms with E-state index >= 15 is 0 Å². The van der Waals surface area contributed by atoms with Crippen molar-refractivity contribution in [1.82, 2.24) is 9.80 Å². The van der Waals surface area contributed by atoms with E-state index in [0.717, 1.165) is 31.0 Å². The number of piperidine rings is 1. The third-order valence-corrected chi connectivity index (χ3v) is 6.21. The van der Waals surface area contributed by atoms with Crippen LogP contribution in [0.1, 0.15) is 37.2 Å². The van der Waals surface area contributed by atoms with Crippen molar-refractivity contribution in [2.45, 2.75) is 37.5 Å². The van der Waals surface area contributed by atoms with E-state index in [2.05, 4.69) is 17.0 Å². The first-order valence-electron chi connectivity index (χ1n) is 9.61. The average molecular weight is 397 g/mol. The van der Waals surface area contributed by atoms with E-state index in [4.69, 9.17) is 11.6 Å². The maximum absolute atomic E-state index is 14.6. The van der Waals surface area contributed by atoms with Crippen molar-refractivity contribution >= 4 is 11.6 Å². The van der Waals surface area contributed by atoms with Crippen molar-refractivity contribution in [1.29, 1.82) is 0 Å². The minimum atomic E-state index is -2.49. The van der Waals surface area contributed by atoms with Crippen LogP contribution in [0.5, 0.6) is 0 Å². The first-order valence-corrected chi connectivity index (χ1v) is 9.99. The van der Waals surface area contributed by atoms with E-state index in [-0.39, 0.29) is 18.8 Å². The Kier molecular flexibility index (Phi) is 5.15. The molecule has 1 saturated heterocycles. The van der Waals surface area contributed by atoms with Gasteiger partial charge in [0.05, 0.1) is 12.2 Å². The molecule has 1 unspecified atom stereocenters. The largest absolute Gasteiger partial charge is 0.371 e. The van der Waals surface area contributed by atoms with Gasteiger partial charge in [0.1, 0.15) is 5.83 Å². The summed E-state index contributed by atoms with van der Waals surface area (Å²) >= 11 is 5.96. The summed E-state index contributed by atoms with van der Waals surface area (Å²) in [5, 5.41) is 0.741. The lowest BCUT2D eigenvalue weighted by Crippen LogP contribution is -2.35. The Labute approximate surface area is 163 Å². The Morgan fingerprint density at radius 1 is 1.11 bits per heavy atom. The molecule has 1 aliphatic carbocycles. The summed E-state index contributed by atoms with van der Waals surface area (Å²) in [6.45, 7) is 2.29. The molecule has 4 rings (SSSR count). The standard InChI is InChI=1S/C21H24ClF3N2/c22-18-3-1-15(2-4-18)16-5-11-27(12-6-16)20-8-10-26(14-19(20)23)9-7-17-13-21(17,24)25/h1-4,8,10,16-17H,5-7,9,11-14H2. The van der Waals surface area contributed by atoms with Crippen molar-refractivity contribution in [2.24, 2.45) is 5.92 Å². The molecular formula is C21H24ClF3N2. The molecule has 0 amide bonds. The van der Waals surface area contributed by atoms with Gasteiger partial charge in [-0.3, -0.25) is 0 Å². The Hall–Kier alpha value is -1.62. The van der Waals surface area contributed by atoms with E-state index in [0.29, 0.717) is 24.6 Å². The lowest BCUT2D eigenvalue weighted by molar-refractivity contribution is 0.0951. The predicted molar refractivity (Wildman–Crippen MR) is 102 cm³/mol. The normalized spacial score (nSPS) is 25.3. The van der Waals surface area contributed by atoms with Gasteiger partial charge in [-0.25, -0.2) is 13.2 Å². The number of hydrogen-bond donors (Lipinski definition) is 0. The summed E-state index contributed by atoms with van der Waals surface area (Å²) in [5.41, 5.74) is 1.94. The highest BCUT2D eigenvalue weighted by Gasteiger charge is 2.56. The zero-order valence-corrected chi connectivity index (χ0v) is 15.9. The molecular weight excluding hydrogens is 373 g/mol. The Morgan fingerprint density at radius 2 is 1.78 bits per heavy atom. The maximum Gasteiger partial charge on any atom is 0.251 e. The zero-order chi connectivity index (χ0) is 19.0. The zero-order valence-electron chi connectivity index (χ0n) is 15.2. The average Bonchev–Trinajstić information content (AvgIpc) is 3.28. The highest BCUT2D eigenvalue weighted by Crippen LogP contribution is 2.50. The van der Waals surface area contributed by atoms with Gasteiger partial charge >= 0.3 is 0 Å². The fraction of sp³-hybridized carbons (Fsp3) is 0.524. The third kappa shape index (κ3) is 4.29. The third-order valence-electron chi connectivity index (χ3n) is 5.96. The van der Waals surface area contributed by atoms with Crippen LogP contribution in [0.2, 0.25) is 5.02 Å². The summed E-state index contributed by atoms with van der Waals surface area (Å²) in [7, 11) is 0. The van der Waals surface area contributed by atoms with Crippen molar-refractivity contribution in [3.05, 3.63) is 58.7 Å². The maximum atomic E-state index is 14.6. The molecule has 2 fully saturated rings. The molecule has 1 aromatic carbocycles. The molecule has 2 nitrogen and oxygen atoms in total. The summed E-state index contributed by atoms with van der Waals surface area (Å²) in [5.74, 6) is -2.70. The number of nitrogens with zero attached hydrogens (tertiary/aromatic N) is 2. The topological polar surface area (TPSA) is 6.48 Å². The summed E-state index contributed by atoms with van der Waals surface area (Å²) in [6, 6.07) is 7.98. The van der Waals surface area contributed by atoms with Crippen LogP contribution in [0.3, 0.4) is 0 Å². The second-order valence-corrected chi connectivity index (χ2v) is 8.28. The van der Waals surface area contributed by atoms with Crippen LogP contribution >= 0.6 is 11.6 Å². The van der Waals surface area contributed by atoms with Gasteiger partial charge < -0.3 is 9.80 Å². The highest BCUT2D eigenvalue weighted by molar-refractivity contribution is 6.30. The van der Waals surface area contributed by atoms with E-state index in [1.54, 1.807) is 11.0 Å². The Bertz CT molecular complexity index is 736. The molecule has 3 aliphatic rings. The summed E-state index contributed by atoms with van der Waals surface area (Å²) in [6.07, 6.45) is 6.01. The predicted octanol–water partition coefficient (Wildman–Crippen LogP) is 5.58. The number of benzene rings is 1. The van der Waals surface area contributed by atoms with E-state index in [1.807, 2.05) is 18.3 Å². The van der Waals surface area contributed by atoms with Crippen molar-refractivity contribution < 1.29 is 13.2 Å². The molecule has 0 aromatic heterocycles. The molecule has 6 heteroatoms. The first-order chi connectivity index (χ1) is 12.9. The van der Waals surface area contributed by atoms with Gasteiger partial charge in [0.2, 0.25) is 0 Å². The van der Waals surface area contributed by atoms with Crippen molar-refractivity contribution in [2.75, 3.05) is 26.2 Å². The van der Waals surface area contributed by atoms with Gasteiger partial charge in [-0.2, -0.15) is 0 Å². The van der Waals surface area contributed by atoms with Crippen LogP contribution in [-0.4, -0.2) is 41.9 Å². The molecule has 2 heterocycles. The molecule has 2 aliphatic heterocycles. The summed E-state index contributed by atoms with van der Waals surface area (Å²) < 4.78 is 40.6. The molecule has 0 N–H and O–H groups in total. The van der Waals surface area contributed by atoms with Crippen LogP contribution in [0.15, 0.2) is 48.1 Å². The molecule has 1 atom stereocenters. The van der Waals surface area contributed by atoms with Gasteiger partial charge in [0.25, 0.3) is 5.92 Å². The smallest absolute Gasteiger partial charge is 0.251 e. The van der Waals surface area contributed by atoms with Crippen molar-refractivity contribution in [3.8, 4) is 0 Å². The number of halogens is 4. The Balaban J connectivity index is 1.29. The van der Waals surface area contributed by atoms with Crippen LogP contribution < -0.4 is 0 Å². The van der Waals surface area contributed by atoms with E-state index in [9.17, 15) is 13.2 Å². The second-order valence-electron chi connectivity index (χ2n) is 7.84. The monoisotopic (exact) mass is 396 g/mol. The van der Waals surface area contributed by atoms with E-state index < -0.39 is 11.8 Å². The second kappa shape index (κ2) is 7.42. The number of rotatable bonds is 5. The van der Waals surface area contributed by atoms with Crippen LogP contribution in [0.4, 0.5) is 13.2 Å². The lowest BCUT2D eigenvalue weighted by Gasteiger charge is -2.36. The van der Waals surface area contributed by atoms with E-state index in [1.165, 1.54) is 5.56 Å². The van der Waals surface area contributed by atoms with Gasteiger partial charge in [-0.05, 0) is 49.0 Å². The fourth-order valence-electron chi connectivity index (χ4n) is 4.10. The molecule has 27 heavy (non-hydrogen) atoms. The molecule has 0 radical (unpaired) electrons. The summed E-state index contributed by atoms with van der Waals surface area (Å²) in [4.78, 5) is 3.90. The van der Waals surface area contributed by atoms with Gasteiger partial charge in [0, 0.05) is 43.2 Å². The van der Waals surface area contributed by atoms with Crippen LogP contribution in [0, 0.1) is 5.92 Å². The number of alkyl halides is 2. The van der Waals surface area contributed by atoms with Crippen LogP contribution in [-0.2, 0) is 0 Å². The molecule has 1 saturated carbocycles. The number of allylic oxidation sites excluding steroid dienone is 1. The van der Waals surface area contributed by atoms with Gasteiger partial charge in [-0.15, -0.1) is 0 Å². The van der Waals surface area contributed by atoms with Gasteiger partial charge in [-0.1, -0.05) is 23.7 Å². The highest BCUT2D eigenvalue weighted by atomic mass is 35.5. The van der Waals surface area contributed by atoms with Crippen LogP contribution in [0.25, 0.3) is 0 Å².